The van der Waals surface area contributed by atoms with Crippen LogP contribution >= 0.6 is 0 Å². The number of carbonyl (C=O) groups is 1. The van der Waals surface area contributed by atoms with Gasteiger partial charge in [0.05, 0.1) is 0 Å². The first-order chi connectivity index (χ1) is 6.16. The monoisotopic (exact) mass is 195 g/mol. The van der Waals surface area contributed by atoms with Crippen molar-refractivity contribution in [3.8, 4) is 0 Å². The molecule has 0 aromatic rings. The van der Waals surface area contributed by atoms with Gasteiger partial charge in [-0.1, -0.05) is 5.82 Å². The number of aliphatic carboxylic acids is 1. The molecule has 0 aromatic heterocycles. The fourth-order valence-corrected chi connectivity index (χ4v) is 1.44. The molecule has 2 atom stereocenters. The van der Waals surface area contributed by atoms with Crippen LogP contribution in [-0.4, -0.2) is 51.0 Å². The second kappa shape index (κ2) is 4.92. The molecule has 0 saturated carbocycles. The molecule has 0 aliphatic heterocycles. The van der Waals surface area contributed by atoms with Gasteiger partial charge in [-0.2, -0.15) is 0 Å². The zero-order valence-corrected chi connectivity index (χ0v) is 10.2. The first-order valence-corrected chi connectivity index (χ1v) is 5.11. The molecule has 14 heavy (non-hydrogen) atoms. The highest BCUT2D eigenvalue weighted by Crippen LogP contribution is 2.20. The minimum absolute atomic E-state index is 0.0895. The van der Waals surface area contributed by atoms with Gasteiger partial charge in [0.1, 0.15) is 15.7 Å². The highest BCUT2D eigenvalue weighted by atomic mass is 16.4. The van der Waals surface area contributed by atoms with Crippen LogP contribution < -0.4 is 0 Å². The van der Waals surface area contributed by atoms with Gasteiger partial charge in [-0.25, -0.2) is 0 Å². The van der Waals surface area contributed by atoms with Gasteiger partial charge in [-0.3, -0.25) is 4.79 Å². The minimum Gasteiger partial charge on any atom is -0.481 e. The van der Waals surface area contributed by atoms with Crippen LogP contribution in [0, 0.1) is 0 Å². The van der Waals surface area contributed by atoms with E-state index in [1.165, 1.54) is 0 Å². The topological polar surface area (TPSA) is 40.5 Å². The van der Waals surface area contributed by atoms with Crippen molar-refractivity contribution in [2.24, 2.45) is 0 Å². The Balaban J connectivity index is 4.31. The Labute approximate surface area is 89.5 Å². The normalized spacial score (nSPS) is 16.6. The van der Waals surface area contributed by atoms with Crippen molar-refractivity contribution >= 4 is 29.6 Å². The van der Waals surface area contributed by atoms with Crippen molar-refractivity contribution in [1.29, 1.82) is 0 Å². The van der Waals surface area contributed by atoms with Crippen molar-refractivity contribution in [3.05, 3.63) is 0 Å². The molecule has 3 nitrogen and oxygen atoms in total. The predicted molar refractivity (Wildman–Crippen MR) is 67.0 cm³/mol. The molecule has 0 heterocycles. The van der Waals surface area contributed by atoms with Gasteiger partial charge in [0, 0.05) is 12.0 Å². The summed E-state index contributed by atoms with van der Waals surface area (Å²) in [5.74, 6) is -0.255. The van der Waals surface area contributed by atoms with Crippen molar-refractivity contribution in [2.45, 2.75) is 44.5 Å². The summed E-state index contributed by atoms with van der Waals surface area (Å²) in [6.45, 7) is 6.41. The van der Waals surface area contributed by atoms with E-state index in [1.807, 2.05) is 15.8 Å². The Morgan fingerprint density at radius 1 is 1.43 bits per heavy atom. The molecular weight excluding hydrogens is 175 g/mol. The van der Waals surface area contributed by atoms with Gasteiger partial charge in [0.15, 0.2) is 7.98 Å². The largest absolute Gasteiger partial charge is 0.481 e. The first-order valence-electron chi connectivity index (χ1n) is 5.11. The molecule has 6 heteroatoms. The highest BCUT2D eigenvalue weighted by Gasteiger charge is 2.26. The quantitative estimate of drug-likeness (QED) is 0.554. The molecule has 0 aliphatic carbocycles. The molecule has 1 N–H and O–H groups in total. The molecule has 0 aliphatic rings. The molecule has 0 rings (SSSR count). The van der Waals surface area contributed by atoms with Crippen LogP contribution in [0.4, 0.5) is 0 Å². The van der Waals surface area contributed by atoms with E-state index in [0.29, 0.717) is 0 Å². The van der Waals surface area contributed by atoms with E-state index in [4.69, 9.17) is 5.11 Å². The van der Waals surface area contributed by atoms with Crippen LogP contribution in [0.3, 0.4) is 0 Å². The number of carboxylic acid groups (broad SMARTS) is 1. The standard InChI is InChI=1S/C8H20B3NO2/c1-8(2,3)12(11)7(10)5(9)4-6(13)14/h5,7H,4,9-11H2,1-3H3,(H,13,14). The lowest BCUT2D eigenvalue weighted by Gasteiger charge is -2.40. The molecule has 0 radical (unpaired) electrons. The molecule has 0 amide bonds. The molecule has 0 fully saturated rings. The second-order valence-corrected chi connectivity index (χ2v) is 5.10. The Kier molecular flexibility index (Phi) is 4.79. The van der Waals surface area contributed by atoms with Crippen molar-refractivity contribution in [2.75, 3.05) is 0 Å². The third-order valence-electron chi connectivity index (χ3n) is 2.99. The second-order valence-electron chi connectivity index (χ2n) is 5.10. The van der Waals surface area contributed by atoms with E-state index >= 15 is 0 Å². The first kappa shape index (κ1) is 13.6. The highest BCUT2D eigenvalue weighted by molar-refractivity contribution is 6.24. The van der Waals surface area contributed by atoms with Crippen LogP contribution in [0.2, 0.25) is 5.82 Å². The van der Waals surface area contributed by atoms with Gasteiger partial charge in [-0.05, 0) is 26.7 Å². The smallest absolute Gasteiger partial charge is 0.302 e. The third-order valence-corrected chi connectivity index (χ3v) is 2.99. The van der Waals surface area contributed by atoms with Crippen molar-refractivity contribution in [1.82, 2.24) is 4.81 Å². The Bertz CT molecular complexity index is 205. The maximum atomic E-state index is 10.6. The fourth-order valence-electron chi connectivity index (χ4n) is 1.44. The summed E-state index contributed by atoms with van der Waals surface area (Å²) in [7, 11) is 6.11. The molecule has 0 bridgehead atoms. The van der Waals surface area contributed by atoms with Crippen LogP contribution in [0.5, 0.6) is 0 Å². The van der Waals surface area contributed by atoms with Gasteiger partial charge >= 0.3 is 5.97 Å². The van der Waals surface area contributed by atoms with E-state index in [1.54, 1.807) is 0 Å². The van der Waals surface area contributed by atoms with Crippen molar-refractivity contribution < 1.29 is 9.90 Å². The summed E-state index contributed by atoms with van der Waals surface area (Å²) in [6, 6.07) is 0. The minimum atomic E-state index is -0.716. The van der Waals surface area contributed by atoms with Crippen LogP contribution in [0.15, 0.2) is 0 Å². The van der Waals surface area contributed by atoms with E-state index in [2.05, 4.69) is 33.4 Å². The van der Waals surface area contributed by atoms with E-state index < -0.39 is 5.97 Å². The lowest BCUT2D eigenvalue weighted by Crippen LogP contribution is -2.49. The molecule has 0 saturated heterocycles. The summed E-state index contributed by atoms with van der Waals surface area (Å²) >= 11 is 0. The van der Waals surface area contributed by atoms with E-state index in [0.717, 1.165) is 0 Å². The predicted octanol–water partition coefficient (Wildman–Crippen LogP) is -1.51. The zero-order chi connectivity index (χ0) is 11.5. The number of rotatable bonds is 4. The Morgan fingerprint density at radius 3 is 2.14 bits per heavy atom. The molecule has 0 spiro atoms. The number of carboxylic acids is 1. The SMILES string of the molecule is BC(CC(=O)O)C(B)N(B)C(C)(C)C. The zero-order valence-electron chi connectivity index (χ0n) is 10.2. The summed E-state index contributed by atoms with van der Waals surface area (Å²) in [5.41, 5.74) is 0.0895. The maximum absolute atomic E-state index is 10.6. The number of hydrogen-bond acceptors (Lipinski definition) is 2. The molecule has 2 unspecified atom stereocenters. The van der Waals surface area contributed by atoms with Gasteiger partial charge < -0.3 is 9.92 Å². The average Bonchev–Trinajstić information content (AvgIpc) is 1.98. The van der Waals surface area contributed by atoms with E-state index in [-0.39, 0.29) is 23.7 Å². The lowest BCUT2D eigenvalue weighted by molar-refractivity contribution is -0.137. The summed E-state index contributed by atoms with van der Waals surface area (Å²) in [6.07, 6.45) is 0.238. The van der Waals surface area contributed by atoms with Gasteiger partial charge in [-0.15, -0.1) is 0 Å². The average molecular weight is 195 g/mol. The van der Waals surface area contributed by atoms with Crippen LogP contribution in [-0.2, 0) is 4.79 Å². The molecule has 78 valence electrons. The number of nitrogens with zero attached hydrogens (tertiary/aromatic N) is 1. The van der Waals surface area contributed by atoms with Gasteiger partial charge in [0.2, 0.25) is 0 Å². The number of hydrogen-bond donors (Lipinski definition) is 1. The van der Waals surface area contributed by atoms with Crippen molar-refractivity contribution in [3.63, 3.8) is 0 Å². The lowest BCUT2D eigenvalue weighted by atomic mass is 9.67. The Morgan fingerprint density at radius 2 is 1.86 bits per heavy atom. The van der Waals surface area contributed by atoms with Crippen LogP contribution in [0.25, 0.3) is 0 Å². The Hall–Kier alpha value is -0.375. The maximum Gasteiger partial charge on any atom is 0.302 e. The molecule has 0 aromatic carbocycles. The fraction of sp³-hybridized carbons (Fsp3) is 0.875. The third kappa shape index (κ3) is 4.22. The molecular formula is C8H20B3NO2. The summed E-state index contributed by atoms with van der Waals surface area (Å²) in [5, 5.41) is 8.70. The van der Waals surface area contributed by atoms with E-state index in [9.17, 15) is 4.79 Å². The van der Waals surface area contributed by atoms with Gasteiger partial charge in [0.25, 0.3) is 0 Å². The summed E-state index contributed by atoms with van der Waals surface area (Å²) < 4.78 is 0. The van der Waals surface area contributed by atoms with Crippen LogP contribution in [0.1, 0.15) is 27.2 Å². The summed E-state index contributed by atoms with van der Waals surface area (Å²) in [4.78, 5) is 12.8.